The van der Waals surface area contributed by atoms with Crippen LogP contribution in [0, 0.1) is 5.92 Å². The Morgan fingerprint density at radius 3 is 2.67 bits per heavy atom. The van der Waals surface area contributed by atoms with Gasteiger partial charge in [-0.25, -0.2) is 0 Å². The molecule has 1 aliphatic heterocycles. The predicted molar refractivity (Wildman–Crippen MR) is 117 cm³/mol. The van der Waals surface area contributed by atoms with Gasteiger partial charge < -0.3 is 14.8 Å². The standard InChI is InChI=1S/C23H27ClN2O4/c1-3-30-23(28)17-10-7-13-26(15-17)21(16-8-5-4-6-9-16)22(27)25-18-11-12-20(29-2)19(24)14-18/h4-6,8-9,11-12,14,17,21H,3,7,10,13,15H2,1-2H3,(H,25,27). The number of carbonyl (C=O) groups excluding carboxylic acids is 2. The number of halogens is 1. The van der Waals surface area contributed by atoms with Crippen molar-refractivity contribution in [2.75, 3.05) is 32.1 Å². The highest BCUT2D eigenvalue weighted by Gasteiger charge is 2.34. The second-order valence-electron chi connectivity index (χ2n) is 7.24. The van der Waals surface area contributed by atoms with E-state index >= 15 is 0 Å². The first-order valence-electron chi connectivity index (χ1n) is 10.1. The molecule has 0 bridgehead atoms. The molecule has 0 radical (unpaired) electrons. The Morgan fingerprint density at radius 2 is 2.00 bits per heavy atom. The first kappa shape index (κ1) is 22.1. The van der Waals surface area contributed by atoms with Crippen LogP contribution in [0.4, 0.5) is 5.69 Å². The van der Waals surface area contributed by atoms with Gasteiger partial charge >= 0.3 is 5.97 Å². The Labute approximate surface area is 182 Å². The van der Waals surface area contributed by atoms with Crippen LogP contribution in [0.1, 0.15) is 31.4 Å². The van der Waals surface area contributed by atoms with Gasteiger partial charge in [0.1, 0.15) is 11.8 Å². The number of hydrogen-bond donors (Lipinski definition) is 1. The van der Waals surface area contributed by atoms with Crippen LogP contribution in [0.25, 0.3) is 0 Å². The van der Waals surface area contributed by atoms with E-state index < -0.39 is 6.04 Å². The molecule has 2 aromatic carbocycles. The van der Waals surface area contributed by atoms with Crippen LogP contribution in [-0.4, -0.2) is 43.6 Å². The smallest absolute Gasteiger partial charge is 0.310 e. The molecule has 1 saturated heterocycles. The van der Waals surface area contributed by atoms with Crippen LogP contribution in [0.3, 0.4) is 0 Å². The fourth-order valence-corrected chi connectivity index (χ4v) is 4.07. The first-order valence-corrected chi connectivity index (χ1v) is 10.5. The molecule has 1 amide bonds. The molecule has 1 fully saturated rings. The zero-order valence-corrected chi connectivity index (χ0v) is 18.0. The van der Waals surface area contributed by atoms with Crippen molar-refractivity contribution in [3.8, 4) is 5.75 Å². The SMILES string of the molecule is CCOC(=O)C1CCCN(C(C(=O)Nc2ccc(OC)c(Cl)c2)c2ccccc2)C1. The highest BCUT2D eigenvalue weighted by molar-refractivity contribution is 6.32. The molecule has 160 valence electrons. The highest BCUT2D eigenvalue weighted by Crippen LogP contribution is 2.31. The van der Waals surface area contributed by atoms with E-state index in [1.54, 1.807) is 32.2 Å². The van der Waals surface area contributed by atoms with Crippen molar-refractivity contribution in [2.45, 2.75) is 25.8 Å². The van der Waals surface area contributed by atoms with Crippen LogP contribution in [0.5, 0.6) is 5.75 Å². The molecule has 1 heterocycles. The number of ether oxygens (including phenoxy) is 2. The summed E-state index contributed by atoms with van der Waals surface area (Å²) in [5.74, 6) is -0.0565. The summed E-state index contributed by atoms with van der Waals surface area (Å²) < 4.78 is 10.4. The van der Waals surface area contributed by atoms with E-state index in [-0.39, 0.29) is 17.8 Å². The van der Waals surface area contributed by atoms with Crippen molar-refractivity contribution in [3.63, 3.8) is 0 Å². The summed E-state index contributed by atoms with van der Waals surface area (Å²) in [6.45, 7) is 3.37. The van der Waals surface area contributed by atoms with Crippen molar-refractivity contribution in [1.82, 2.24) is 4.90 Å². The van der Waals surface area contributed by atoms with Crippen LogP contribution in [0.15, 0.2) is 48.5 Å². The van der Waals surface area contributed by atoms with Gasteiger partial charge in [-0.2, -0.15) is 0 Å². The van der Waals surface area contributed by atoms with E-state index in [0.717, 1.165) is 24.9 Å². The minimum Gasteiger partial charge on any atom is -0.495 e. The zero-order chi connectivity index (χ0) is 21.5. The molecule has 0 aromatic heterocycles. The Morgan fingerprint density at radius 1 is 1.23 bits per heavy atom. The molecular formula is C23H27ClN2O4. The van der Waals surface area contributed by atoms with Crippen LogP contribution in [0.2, 0.25) is 5.02 Å². The third-order valence-electron chi connectivity index (χ3n) is 5.22. The summed E-state index contributed by atoms with van der Waals surface area (Å²) in [4.78, 5) is 27.7. The lowest BCUT2D eigenvalue weighted by Crippen LogP contribution is -2.45. The maximum atomic E-state index is 13.3. The topological polar surface area (TPSA) is 67.9 Å². The van der Waals surface area contributed by atoms with E-state index in [9.17, 15) is 9.59 Å². The Hall–Kier alpha value is -2.57. The van der Waals surface area contributed by atoms with E-state index in [4.69, 9.17) is 21.1 Å². The average Bonchev–Trinajstić information content (AvgIpc) is 2.75. The quantitative estimate of drug-likeness (QED) is 0.663. The number of hydrogen-bond acceptors (Lipinski definition) is 5. The fourth-order valence-electron chi connectivity index (χ4n) is 3.81. The van der Waals surface area contributed by atoms with E-state index in [0.29, 0.717) is 29.6 Å². The number of nitrogens with zero attached hydrogens (tertiary/aromatic N) is 1. The number of anilines is 1. The van der Waals surface area contributed by atoms with Gasteiger partial charge in [-0.3, -0.25) is 14.5 Å². The van der Waals surface area contributed by atoms with Gasteiger partial charge in [-0.15, -0.1) is 0 Å². The summed E-state index contributed by atoms with van der Waals surface area (Å²) in [5, 5.41) is 3.39. The predicted octanol–water partition coefficient (Wildman–Crippen LogP) is 4.30. The van der Waals surface area contributed by atoms with E-state index in [1.807, 2.05) is 30.3 Å². The summed E-state index contributed by atoms with van der Waals surface area (Å²) >= 11 is 6.20. The molecular weight excluding hydrogens is 404 g/mol. The molecule has 2 aromatic rings. The van der Waals surface area contributed by atoms with Crippen molar-refractivity contribution in [1.29, 1.82) is 0 Å². The lowest BCUT2D eigenvalue weighted by Gasteiger charge is -2.36. The second kappa shape index (κ2) is 10.5. The van der Waals surface area contributed by atoms with Gasteiger partial charge in [-0.05, 0) is 50.1 Å². The van der Waals surface area contributed by atoms with E-state index in [1.165, 1.54) is 0 Å². The molecule has 30 heavy (non-hydrogen) atoms. The van der Waals surface area contributed by atoms with Crippen molar-refractivity contribution in [2.24, 2.45) is 5.92 Å². The lowest BCUT2D eigenvalue weighted by molar-refractivity contribution is -0.151. The molecule has 0 aliphatic carbocycles. The number of benzene rings is 2. The van der Waals surface area contributed by atoms with Crippen molar-refractivity contribution >= 4 is 29.2 Å². The van der Waals surface area contributed by atoms with Gasteiger partial charge in [-0.1, -0.05) is 41.9 Å². The van der Waals surface area contributed by atoms with Gasteiger partial charge in [0.25, 0.3) is 0 Å². The van der Waals surface area contributed by atoms with Crippen LogP contribution in [-0.2, 0) is 14.3 Å². The van der Waals surface area contributed by atoms with Gasteiger partial charge in [0.2, 0.25) is 5.91 Å². The molecule has 3 rings (SSSR count). The molecule has 0 saturated carbocycles. The molecule has 7 heteroatoms. The number of rotatable bonds is 7. The number of methoxy groups -OCH3 is 1. The molecule has 6 nitrogen and oxygen atoms in total. The Kier molecular flexibility index (Phi) is 7.71. The first-order chi connectivity index (χ1) is 14.5. The molecule has 2 unspecified atom stereocenters. The summed E-state index contributed by atoms with van der Waals surface area (Å²) in [5.41, 5.74) is 1.46. The van der Waals surface area contributed by atoms with Gasteiger partial charge in [0.05, 0.1) is 24.7 Å². The summed E-state index contributed by atoms with van der Waals surface area (Å²) in [6.07, 6.45) is 1.60. The largest absolute Gasteiger partial charge is 0.495 e. The number of amides is 1. The zero-order valence-electron chi connectivity index (χ0n) is 17.3. The molecule has 1 N–H and O–H groups in total. The molecule has 2 atom stereocenters. The third-order valence-corrected chi connectivity index (χ3v) is 5.52. The van der Waals surface area contributed by atoms with Crippen molar-refractivity contribution < 1.29 is 19.1 Å². The molecule has 1 aliphatic rings. The number of likely N-dealkylation sites (tertiary alicyclic amines) is 1. The fraction of sp³-hybridized carbons (Fsp3) is 0.391. The second-order valence-corrected chi connectivity index (χ2v) is 7.65. The number of carbonyl (C=O) groups is 2. The normalized spacial score (nSPS) is 17.8. The third kappa shape index (κ3) is 5.32. The van der Waals surface area contributed by atoms with Gasteiger partial charge in [0, 0.05) is 12.2 Å². The summed E-state index contributed by atoms with van der Waals surface area (Å²) in [7, 11) is 1.54. The van der Waals surface area contributed by atoms with E-state index in [2.05, 4.69) is 10.2 Å². The van der Waals surface area contributed by atoms with Gasteiger partial charge in [0.15, 0.2) is 0 Å². The lowest BCUT2D eigenvalue weighted by atomic mass is 9.94. The van der Waals surface area contributed by atoms with Crippen LogP contribution >= 0.6 is 11.6 Å². The maximum Gasteiger partial charge on any atom is 0.310 e. The minimum absolute atomic E-state index is 0.174. The minimum atomic E-state index is -0.524. The van der Waals surface area contributed by atoms with Crippen molar-refractivity contribution in [3.05, 3.63) is 59.1 Å². The number of piperidine rings is 1. The highest BCUT2D eigenvalue weighted by atomic mass is 35.5. The number of nitrogens with one attached hydrogen (secondary N) is 1. The monoisotopic (exact) mass is 430 g/mol. The van der Waals surface area contributed by atoms with Crippen LogP contribution < -0.4 is 10.1 Å². The Bertz CT molecular complexity index is 875. The number of esters is 1. The average molecular weight is 431 g/mol. The maximum absolute atomic E-state index is 13.3. The Balaban J connectivity index is 1.83. The summed E-state index contributed by atoms with van der Waals surface area (Å²) in [6, 6.07) is 14.2. The molecule has 0 spiro atoms.